The van der Waals surface area contributed by atoms with Crippen LogP contribution in [0.3, 0.4) is 0 Å². The summed E-state index contributed by atoms with van der Waals surface area (Å²) in [5.74, 6) is 0.570. The van der Waals surface area contributed by atoms with Crippen molar-refractivity contribution in [3.63, 3.8) is 0 Å². The Morgan fingerprint density at radius 3 is 2.27 bits per heavy atom. The molecule has 0 spiro atoms. The molecule has 2 heterocycles. The SMILES string of the molecule is COc1ccc(Cn2c(/C=C/c3cnn(-c4ccccc4)c3)c([N+](=O)[O-])c(=O)n(C(F)c3ccccc3)c2=O)cc1. The topological polar surface area (TPSA) is 114 Å². The number of aromatic nitrogens is 4. The Labute approximate surface area is 233 Å². The van der Waals surface area contributed by atoms with E-state index < -0.39 is 28.2 Å². The van der Waals surface area contributed by atoms with E-state index >= 15 is 4.39 Å². The lowest BCUT2D eigenvalue weighted by Crippen LogP contribution is -2.43. The molecule has 206 valence electrons. The quantitative estimate of drug-likeness (QED) is 0.191. The Kier molecular flexibility index (Phi) is 7.68. The Balaban J connectivity index is 1.67. The van der Waals surface area contributed by atoms with Crippen molar-refractivity contribution in [2.75, 3.05) is 7.11 Å². The maximum atomic E-state index is 15.7. The second-order valence-electron chi connectivity index (χ2n) is 9.02. The lowest BCUT2D eigenvalue weighted by molar-refractivity contribution is -0.387. The van der Waals surface area contributed by atoms with Crippen LogP contribution in [0, 0.1) is 10.1 Å². The highest BCUT2D eigenvalue weighted by molar-refractivity contribution is 5.71. The van der Waals surface area contributed by atoms with Gasteiger partial charge in [-0.3, -0.25) is 19.5 Å². The van der Waals surface area contributed by atoms with Gasteiger partial charge in [-0.1, -0.05) is 60.7 Å². The van der Waals surface area contributed by atoms with Gasteiger partial charge < -0.3 is 4.74 Å². The molecule has 0 saturated carbocycles. The van der Waals surface area contributed by atoms with Gasteiger partial charge in [-0.25, -0.2) is 18.4 Å². The Morgan fingerprint density at radius 1 is 0.976 bits per heavy atom. The lowest BCUT2D eigenvalue weighted by atomic mass is 10.2. The van der Waals surface area contributed by atoms with E-state index in [9.17, 15) is 19.7 Å². The molecule has 5 aromatic rings. The molecule has 10 nitrogen and oxygen atoms in total. The number of methoxy groups -OCH3 is 1. The summed E-state index contributed by atoms with van der Waals surface area (Å²) in [6.07, 6.45) is 3.80. The van der Waals surface area contributed by atoms with Gasteiger partial charge in [0.15, 0.2) is 0 Å². The van der Waals surface area contributed by atoms with Gasteiger partial charge in [-0.2, -0.15) is 5.10 Å². The third-order valence-electron chi connectivity index (χ3n) is 6.43. The summed E-state index contributed by atoms with van der Waals surface area (Å²) in [5.41, 5.74) is -1.64. The second-order valence-corrected chi connectivity index (χ2v) is 9.02. The lowest BCUT2D eigenvalue weighted by Gasteiger charge is -2.17. The number of nitrogens with zero attached hydrogens (tertiary/aromatic N) is 5. The molecule has 3 aromatic carbocycles. The summed E-state index contributed by atoms with van der Waals surface area (Å²) in [6.45, 7) is -0.172. The molecule has 0 aliphatic carbocycles. The highest BCUT2D eigenvalue weighted by Crippen LogP contribution is 2.22. The monoisotopic (exact) mass is 553 g/mol. The summed E-state index contributed by atoms with van der Waals surface area (Å²) in [7, 11) is 1.51. The molecular weight excluding hydrogens is 529 g/mol. The first-order valence-electron chi connectivity index (χ1n) is 12.5. The van der Waals surface area contributed by atoms with E-state index in [1.54, 1.807) is 53.3 Å². The highest BCUT2D eigenvalue weighted by atomic mass is 19.1. The minimum absolute atomic E-state index is 0.00798. The third kappa shape index (κ3) is 5.59. The van der Waals surface area contributed by atoms with E-state index in [2.05, 4.69) is 5.10 Å². The van der Waals surface area contributed by atoms with Crippen LogP contribution in [-0.2, 0) is 6.54 Å². The van der Waals surface area contributed by atoms with Gasteiger partial charge >= 0.3 is 16.9 Å². The molecule has 2 aromatic heterocycles. The molecule has 0 radical (unpaired) electrons. The fourth-order valence-electron chi connectivity index (χ4n) is 4.36. The van der Waals surface area contributed by atoms with E-state index in [-0.39, 0.29) is 22.4 Å². The molecule has 0 fully saturated rings. The van der Waals surface area contributed by atoms with Gasteiger partial charge in [0.1, 0.15) is 11.4 Å². The molecule has 0 bridgehead atoms. The summed E-state index contributed by atoms with van der Waals surface area (Å²) in [4.78, 5) is 38.4. The molecule has 0 aliphatic heterocycles. The second kappa shape index (κ2) is 11.7. The molecule has 5 rings (SSSR count). The van der Waals surface area contributed by atoms with Crippen LogP contribution in [0.1, 0.15) is 28.7 Å². The smallest absolute Gasteiger partial charge is 0.357 e. The molecule has 0 saturated heterocycles. The minimum Gasteiger partial charge on any atom is -0.497 e. The van der Waals surface area contributed by atoms with Crippen molar-refractivity contribution >= 4 is 17.8 Å². The molecule has 0 amide bonds. The zero-order valence-corrected chi connectivity index (χ0v) is 21.8. The predicted molar refractivity (Wildman–Crippen MR) is 152 cm³/mol. The maximum absolute atomic E-state index is 15.7. The molecule has 0 aliphatic rings. The molecule has 11 heteroatoms. The zero-order valence-electron chi connectivity index (χ0n) is 21.8. The number of rotatable bonds is 9. The van der Waals surface area contributed by atoms with Gasteiger partial charge in [0.05, 0.1) is 30.5 Å². The highest BCUT2D eigenvalue weighted by Gasteiger charge is 2.30. The first-order valence-corrected chi connectivity index (χ1v) is 12.5. The average Bonchev–Trinajstić information content (AvgIpc) is 3.48. The van der Waals surface area contributed by atoms with Crippen LogP contribution >= 0.6 is 0 Å². The van der Waals surface area contributed by atoms with Crippen molar-refractivity contribution in [1.29, 1.82) is 0 Å². The summed E-state index contributed by atoms with van der Waals surface area (Å²) >= 11 is 0. The summed E-state index contributed by atoms with van der Waals surface area (Å²) in [5, 5.41) is 16.5. The van der Waals surface area contributed by atoms with Crippen LogP contribution in [0.4, 0.5) is 10.1 Å². The number of benzene rings is 3. The number of alkyl halides is 1. The van der Waals surface area contributed by atoms with E-state index in [1.165, 1.54) is 37.6 Å². The van der Waals surface area contributed by atoms with E-state index in [0.29, 0.717) is 16.9 Å². The third-order valence-corrected chi connectivity index (χ3v) is 6.43. The summed E-state index contributed by atoms with van der Waals surface area (Å²) in [6, 6.07) is 23.5. The van der Waals surface area contributed by atoms with Crippen LogP contribution in [0.5, 0.6) is 5.75 Å². The molecular formula is C30H24FN5O5. The number of nitro groups is 1. The fourth-order valence-corrected chi connectivity index (χ4v) is 4.36. The normalized spacial score (nSPS) is 12.0. The van der Waals surface area contributed by atoms with Crippen LogP contribution in [0.15, 0.2) is 107 Å². The van der Waals surface area contributed by atoms with Crippen LogP contribution in [-0.4, -0.2) is 30.9 Å². The van der Waals surface area contributed by atoms with Crippen molar-refractivity contribution in [2.24, 2.45) is 0 Å². The van der Waals surface area contributed by atoms with Gasteiger partial charge in [0.25, 0.3) is 0 Å². The van der Waals surface area contributed by atoms with Crippen molar-refractivity contribution in [3.05, 3.63) is 151 Å². The fraction of sp³-hybridized carbons (Fsp3) is 0.100. The van der Waals surface area contributed by atoms with Crippen LogP contribution in [0.2, 0.25) is 0 Å². The largest absolute Gasteiger partial charge is 0.497 e. The maximum Gasteiger partial charge on any atom is 0.357 e. The van der Waals surface area contributed by atoms with Crippen molar-refractivity contribution < 1.29 is 14.1 Å². The first kappa shape index (κ1) is 27.0. The zero-order chi connectivity index (χ0) is 28.9. The van der Waals surface area contributed by atoms with Crippen molar-refractivity contribution in [3.8, 4) is 11.4 Å². The van der Waals surface area contributed by atoms with Gasteiger partial charge in [0.2, 0.25) is 6.30 Å². The molecule has 41 heavy (non-hydrogen) atoms. The van der Waals surface area contributed by atoms with Crippen LogP contribution in [0.25, 0.3) is 17.8 Å². The molecule has 1 atom stereocenters. The Bertz CT molecular complexity index is 1830. The number of para-hydroxylation sites is 1. The number of hydrogen-bond acceptors (Lipinski definition) is 6. The standard InChI is InChI=1S/C30H24FN5O5/c1-41-25-15-12-21(13-16-25)19-33-26(17-14-22-18-32-34(20-22)24-10-6-3-7-11-24)27(36(39)40)29(37)35(30(33)38)28(31)23-8-4-2-5-9-23/h2-18,20,28H,19H2,1H3/b17-14+. The van der Waals surface area contributed by atoms with Gasteiger partial charge in [-0.05, 0) is 42.0 Å². The summed E-state index contributed by atoms with van der Waals surface area (Å²) < 4.78 is 23.8. The van der Waals surface area contributed by atoms with E-state index in [1.807, 2.05) is 30.3 Å². The minimum atomic E-state index is -2.24. The van der Waals surface area contributed by atoms with Crippen molar-refractivity contribution in [2.45, 2.75) is 12.8 Å². The van der Waals surface area contributed by atoms with Crippen LogP contribution < -0.4 is 16.0 Å². The number of halogens is 1. The van der Waals surface area contributed by atoms with E-state index in [4.69, 9.17) is 4.74 Å². The number of ether oxygens (including phenoxy) is 1. The Hall–Kier alpha value is -5.58. The van der Waals surface area contributed by atoms with Gasteiger partial charge in [-0.15, -0.1) is 0 Å². The van der Waals surface area contributed by atoms with Crippen molar-refractivity contribution in [1.82, 2.24) is 18.9 Å². The molecule has 1 unspecified atom stereocenters. The van der Waals surface area contributed by atoms with Gasteiger partial charge in [0, 0.05) is 17.3 Å². The predicted octanol–water partition coefficient (Wildman–Crippen LogP) is 4.85. The number of hydrogen-bond donors (Lipinski definition) is 0. The average molecular weight is 554 g/mol. The van der Waals surface area contributed by atoms with E-state index in [0.717, 1.165) is 10.3 Å². The first-order chi connectivity index (χ1) is 19.9. The Morgan fingerprint density at radius 2 is 1.63 bits per heavy atom. The molecule has 0 N–H and O–H groups in total.